The number of likely N-dealkylation sites (tertiary alicyclic amines) is 1. The first-order chi connectivity index (χ1) is 16.5. The highest BCUT2D eigenvalue weighted by Gasteiger charge is 2.64. The van der Waals surface area contributed by atoms with Crippen LogP contribution >= 0.6 is 15.9 Å². The molecule has 1 amide bonds. The zero-order valence-electron chi connectivity index (χ0n) is 19.2. The van der Waals surface area contributed by atoms with Crippen molar-refractivity contribution in [1.29, 1.82) is 0 Å². The lowest BCUT2D eigenvalue weighted by Crippen LogP contribution is -2.59. The fourth-order valence-electron chi connectivity index (χ4n) is 5.62. The van der Waals surface area contributed by atoms with Crippen LogP contribution in [-0.2, 0) is 15.1 Å². The Morgan fingerprint density at radius 2 is 1.80 bits per heavy atom. The van der Waals surface area contributed by atoms with Crippen molar-refractivity contribution in [3.05, 3.63) is 63.9 Å². The summed E-state index contributed by atoms with van der Waals surface area (Å²) in [5.41, 5.74) is -3.11. The second-order valence-corrected chi connectivity index (χ2v) is 10.2. The molecule has 10 heteroatoms. The molecule has 5 nitrogen and oxygen atoms in total. The highest BCUT2D eigenvalue weighted by atomic mass is 79.9. The Labute approximate surface area is 209 Å². The van der Waals surface area contributed by atoms with Gasteiger partial charge in [-0.25, -0.2) is 4.39 Å². The number of ether oxygens (including phenoxy) is 1. The van der Waals surface area contributed by atoms with Crippen molar-refractivity contribution >= 4 is 21.8 Å². The number of carbonyl (C=O) groups excluding carboxylic acids is 1. The van der Waals surface area contributed by atoms with E-state index in [9.17, 15) is 27.5 Å². The predicted octanol–water partition coefficient (Wildman–Crippen LogP) is 5.08. The van der Waals surface area contributed by atoms with E-state index >= 15 is 0 Å². The van der Waals surface area contributed by atoms with Crippen molar-refractivity contribution in [2.45, 2.75) is 37.0 Å². The molecule has 4 rings (SSSR count). The van der Waals surface area contributed by atoms with Gasteiger partial charge in [-0.15, -0.1) is 0 Å². The number of benzene rings is 2. The molecular formula is C25H27BrF4N2O3. The number of phenols is 1. The maximum Gasteiger partial charge on any atom is 0.430 e. The van der Waals surface area contributed by atoms with Gasteiger partial charge in [-0.3, -0.25) is 4.79 Å². The van der Waals surface area contributed by atoms with Gasteiger partial charge in [0.25, 0.3) is 11.5 Å². The van der Waals surface area contributed by atoms with Crippen LogP contribution in [0.4, 0.5) is 17.6 Å². The molecule has 2 aliphatic rings. The number of nitrogens with zero attached hydrogens (tertiary/aromatic N) is 1. The molecule has 2 unspecified atom stereocenters. The third kappa shape index (κ3) is 4.56. The van der Waals surface area contributed by atoms with Crippen LogP contribution in [0.15, 0.2) is 46.9 Å². The predicted molar refractivity (Wildman–Crippen MR) is 125 cm³/mol. The molecule has 2 aromatic rings. The van der Waals surface area contributed by atoms with Gasteiger partial charge < -0.3 is 20.1 Å². The topological polar surface area (TPSA) is 61.8 Å². The molecule has 2 fully saturated rings. The highest BCUT2D eigenvalue weighted by molar-refractivity contribution is 9.10. The average molecular weight is 559 g/mol. The summed E-state index contributed by atoms with van der Waals surface area (Å²) in [4.78, 5) is 14.7. The van der Waals surface area contributed by atoms with Gasteiger partial charge in [0.1, 0.15) is 11.6 Å². The Morgan fingerprint density at radius 3 is 2.37 bits per heavy atom. The number of amides is 1. The van der Waals surface area contributed by atoms with Crippen molar-refractivity contribution in [1.82, 2.24) is 10.2 Å². The SMILES string of the molecule is COC(C(=O)N1CCC2(CCNCC2c2ccc(F)cc2O)CC1)(c1ccc(Br)cc1)C(F)(F)F. The van der Waals surface area contributed by atoms with Crippen molar-refractivity contribution in [2.75, 3.05) is 33.3 Å². The van der Waals surface area contributed by atoms with Gasteiger partial charge in [-0.2, -0.15) is 13.2 Å². The van der Waals surface area contributed by atoms with Gasteiger partial charge in [0.05, 0.1) is 0 Å². The normalized spacial score (nSPS) is 22.1. The smallest absolute Gasteiger partial charge is 0.430 e. The minimum absolute atomic E-state index is 0.120. The molecule has 35 heavy (non-hydrogen) atoms. The Morgan fingerprint density at radius 1 is 1.14 bits per heavy atom. The Bertz CT molecular complexity index is 1070. The molecule has 2 atom stereocenters. The largest absolute Gasteiger partial charge is 0.508 e. The van der Waals surface area contributed by atoms with Crippen molar-refractivity contribution in [2.24, 2.45) is 5.41 Å². The maximum absolute atomic E-state index is 14.4. The molecule has 0 aromatic heterocycles. The number of phenolic OH excluding ortho intramolecular Hbond substituents is 1. The average Bonchev–Trinajstić information content (AvgIpc) is 2.81. The van der Waals surface area contributed by atoms with E-state index in [0.717, 1.165) is 26.1 Å². The number of methoxy groups -OCH3 is 1. The molecule has 2 heterocycles. The summed E-state index contributed by atoms with van der Waals surface area (Å²) in [6.07, 6.45) is -3.32. The molecule has 0 aliphatic carbocycles. The van der Waals surface area contributed by atoms with Gasteiger partial charge in [0.2, 0.25) is 0 Å². The molecule has 0 bridgehead atoms. The lowest BCUT2D eigenvalue weighted by atomic mass is 9.62. The van der Waals surface area contributed by atoms with Gasteiger partial charge >= 0.3 is 6.18 Å². The lowest BCUT2D eigenvalue weighted by Gasteiger charge is -2.50. The molecule has 2 N–H and O–H groups in total. The van der Waals surface area contributed by atoms with Gasteiger partial charge in [0, 0.05) is 48.8 Å². The van der Waals surface area contributed by atoms with Crippen molar-refractivity contribution < 1.29 is 32.2 Å². The summed E-state index contributed by atoms with van der Waals surface area (Å²) >= 11 is 3.21. The number of hydrogen-bond donors (Lipinski definition) is 2. The molecule has 2 saturated heterocycles. The summed E-state index contributed by atoms with van der Waals surface area (Å²) < 4.78 is 62.4. The first-order valence-electron chi connectivity index (χ1n) is 11.4. The van der Waals surface area contributed by atoms with Crippen LogP contribution in [0, 0.1) is 11.2 Å². The minimum Gasteiger partial charge on any atom is -0.508 e. The van der Waals surface area contributed by atoms with E-state index < -0.39 is 23.5 Å². The monoisotopic (exact) mass is 558 g/mol. The summed E-state index contributed by atoms with van der Waals surface area (Å²) in [5, 5.41) is 13.7. The van der Waals surface area contributed by atoms with E-state index in [-0.39, 0.29) is 35.7 Å². The number of rotatable bonds is 4. The summed E-state index contributed by atoms with van der Waals surface area (Å²) in [6, 6.07) is 9.31. The van der Waals surface area contributed by atoms with Crippen LogP contribution < -0.4 is 5.32 Å². The number of halogens is 5. The number of aromatic hydroxyl groups is 1. The van der Waals surface area contributed by atoms with Crippen molar-refractivity contribution in [3.63, 3.8) is 0 Å². The first-order valence-corrected chi connectivity index (χ1v) is 12.2. The fraction of sp³-hybridized carbons (Fsp3) is 0.480. The number of hydrogen-bond acceptors (Lipinski definition) is 4. The maximum atomic E-state index is 14.4. The van der Waals surface area contributed by atoms with Crippen LogP contribution in [0.3, 0.4) is 0 Å². The van der Waals surface area contributed by atoms with E-state index in [1.54, 1.807) is 6.07 Å². The molecule has 190 valence electrons. The zero-order valence-corrected chi connectivity index (χ0v) is 20.8. The van der Waals surface area contributed by atoms with Gasteiger partial charge in [-0.1, -0.05) is 34.1 Å². The van der Waals surface area contributed by atoms with Gasteiger partial charge in [-0.05, 0) is 55.0 Å². The molecule has 1 spiro atoms. The second kappa shape index (κ2) is 9.71. The fourth-order valence-corrected chi connectivity index (χ4v) is 5.88. The highest BCUT2D eigenvalue weighted by Crippen LogP contribution is 2.51. The Balaban J connectivity index is 1.61. The van der Waals surface area contributed by atoms with E-state index in [0.29, 0.717) is 29.4 Å². The molecule has 0 radical (unpaired) electrons. The van der Waals surface area contributed by atoms with E-state index in [1.165, 1.54) is 35.2 Å². The summed E-state index contributed by atoms with van der Waals surface area (Å²) in [5.74, 6) is -1.97. The van der Waals surface area contributed by atoms with Crippen LogP contribution in [0.1, 0.15) is 36.3 Å². The van der Waals surface area contributed by atoms with E-state index in [1.807, 2.05) is 0 Å². The summed E-state index contributed by atoms with van der Waals surface area (Å²) in [6.45, 7) is 1.51. The van der Waals surface area contributed by atoms with E-state index in [2.05, 4.69) is 21.2 Å². The summed E-state index contributed by atoms with van der Waals surface area (Å²) in [7, 11) is 0.902. The third-order valence-corrected chi connectivity index (χ3v) is 8.09. The van der Waals surface area contributed by atoms with Crippen LogP contribution in [-0.4, -0.2) is 55.4 Å². The Kier molecular flexibility index (Phi) is 7.19. The third-order valence-electron chi connectivity index (χ3n) is 7.56. The molecule has 2 aliphatic heterocycles. The lowest BCUT2D eigenvalue weighted by molar-refractivity contribution is -0.271. The van der Waals surface area contributed by atoms with E-state index in [4.69, 9.17) is 4.74 Å². The number of nitrogens with one attached hydrogen (secondary N) is 1. The Hall–Kier alpha value is -2.17. The van der Waals surface area contributed by atoms with Gasteiger partial charge in [0.15, 0.2) is 0 Å². The zero-order chi connectivity index (χ0) is 25.4. The molecular weight excluding hydrogens is 532 g/mol. The van der Waals surface area contributed by atoms with Crippen LogP contribution in [0.5, 0.6) is 5.75 Å². The molecule has 0 saturated carbocycles. The van der Waals surface area contributed by atoms with Crippen LogP contribution in [0.2, 0.25) is 0 Å². The second-order valence-electron chi connectivity index (χ2n) is 9.25. The minimum atomic E-state index is -4.97. The number of piperidine rings is 2. The quantitative estimate of drug-likeness (QED) is 0.513. The molecule has 2 aromatic carbocycles. The number of alkyl halides is 3. The standard InChI is InChI=1S/C25H27BrF4N2O3/c1-35-24(25(28,29)30,16-2-4-17(26)5-3-16)22(34)32-12-9-23(10-13-32)8-11-31-15-20(23)19-7-6-18(27)14-21(19)33/h2-7,14,20,31,33H,8-13,15H2,1H3. The van der Waals surface area contributed by atoms with Crippen molar-refractivity contribution in [3.8, 4) is 5.75 Å². The first kappa shape index (κ1) is 25.9. The number of carbonyl (C=O) groups is 1. The van der Waals surface area contributed by atoms with Crippen LogP contribution in [0.25, 0.3) is 0 Å².